The minimum atomic E-state index is -0.534. The van der Waals surface area contributed by atoms with Crippen LogP contribution in [-0.2, 0) is 0 Å². The van der Waals surface area contributed by atoms with Gasteiger partial charge in [0.05, 0.1) is 6.10 Å². The van der Waals surface area contributed by atoms with Gasteiger partial charge in [0.15, 0.2) is 0 Å². The Morgan fingerprint density at radius 2 is 1.84 bits per heavy atom. The highest BCUT2D eigenvalue weighted by Gasteiger charge is 2.11. The molecule has 2 rings (SSSR count). The van der Waals surface area contributed by atoms with Gasteiger partial charge in [0.25, 0.3) is 0 Å². The van der Waals surface area contributed by atoms with Gasteiger partial charge in [-0.3, -0.25) is 0 Å². The molecule has 0 radical (unpaired) electrons. The smallest absolute Gasteiger partial charge is 0.0903 e. The van der Waals surface area contributed by atoms with Gasteiger partial charge in [-0.25, -0.2) is 0 Å². The first-order chi connectivity index (χ1) is 9.08. The molecule has 0 aliphatic rings. The second-order valence-corrected chi connectivity index (χ2v) is 5.80. The third kappa shape index (κ3) is 3.52. The van der Waals surface area contributed by atoms with Crippen molar-refractivity contribution in [3.05, 3.63) is 59.2 Å². The number of nitrogens with two attached hydrogens (primary N) is 1. The SMILES string of the molecule is Cc1ccc(SCC(O)c2ccccc2N)cc1C. The molecule has 100 valence electrons. The van der Waals surface area contributed by atoms with E-state index in [0.29, 0.717) is 11.4 Å². The Labute approximate surface area is 118 Å². The summed E-state index contributed by atoms with van der Waals surface area (Å²) >= 11 is 1.65. The van der Waals surface area contributed by atoms with E-state index >= 15 is 0 Å². The van der Waals surface area contributed by atoms with Crippen molar-refractivity contribution in [1.82, 2.24) is 0 Å². The number of aryl methyl sites for hydroxylation is 2. The number of thioether (sulfide) groups is 1. The lowest BCUT2D eigenvalue weighted by Crippen LogP contribution is -2.04. The number of hydrogen-bond acceptors (Lipinski definition) is 3. The van der Waals surface area contributed by atoms with E-state index in [1.165, 1.54) is 16.0 Å². The molecular weight excluding hydrogens is 254 g/mol. The molecule has 0 fully saturated rings. The van der Waals surface area contributed by atoms with E-state index in [1.54, 1.807) is 11.8 Å². The summed E-state index contributed by atoms with van der Waals surface area (Å²) in [7, 11) is 0. The van der Waals surface area contributed by atoms with Crippen LogP contribution in [0.25, 0.3) is 0 Å². The molecule has 0 bridgehead atoms. The monoisotopic (exact) mass is 273 g/mol. The highest BCUT2D eigenvalue weighted by molar-refractivity contribution is 7.99. The van der Waals surface area contributed by atoms with E-state index in [1.807, 2.05) is 24.3 Å². The van der Waals surface area contributed by atoms with Crippen LogP contribution in [0, 0.1) is 13.8 Å². The Bertz CT molecular complexity index is 568. The van der Waals surface area contributed by atoms with Crippen molar-refractivity contribution in [3.8, 4) is 0 Å². The molecule has 1 atom stereocenters. The van der Waals surface area contributed by atoms with Crippen molar-refractivity contribution in [1.29, 1.82) is 0 Å². The van der Waals surface area contributed by atoms with Crippen LogP contribution in [0.4, 0.5) is 5.69 Å². The lowest BCUT2D eigenvalue weighted by Gasteiger charge is -2.13. The van der Waals surface area contributed by atoms with Crippen LogP contribution in [0.15, 0.2) is 47.4 Å². The summed E-state index contributed by atoms with van der Waals surface area (Å²) in [5.74, 6) is 0.608. The fourth-order valence-electron chi connectivity index (χ4n) is 1.88. The van der Waals surface area contributed by atoms with Gasteiger partial charge in [-0.15, -0.1) is 11.8 Å². The third-order valence-electron chi connectivity index (χ3n) is 3.24. The van der Waals surface area contributed by atoms with E-state index in [9.17, 15) is 5.11 Å². The van der Waals surface area contributed by atoms with Crippen LogP contribution in [0.2, 0.25) is 0 Å². The number of para-hydroxylation sites is 1. The van der Waals surface area contributed by atoms with Crippen molar-refractivity contribution < 1.29 is 5.11 Å². The number of nitrogen functional groups attached to an aromatic ring is 1. The summed E-state index contributed by atoms with van der Waals surface area (Å²) < 4.78 is 0. The summed E-state index contributed by atoms with van der Waals surface area (Å²) in [6, 6.07) is 13.8. The molecule has 3 heteroatoms. The quantitative estimate of drug-likeness (QED) is 0.659. The van der Waals surface area contributed by atoms with Gasteiger partial charge >= 0.3 is 0 Å². The molecule has 2 nitrogen and oxygen atoms in total. The summed E-state index contributed by atoms with van der Waals surface area (Å²) in [6.07, 6.45) is -0.534. The minimum absolute atomic E-state index is 0.534. The first-order valence-corrected chi connectivity index (χ1v) is 7.29. The molecule has 0 aliphatic carbocycles. The summed E-state index contributed by atoms with van der Waals surface area (Å²) in [5, 5.41) is 10.2. The van der Waals surface area contributed by atoms with Crippen molar-refractivity contribution in [2.24, 2.45) is 0 Å². The summed E-state index contributed by atoms with van der Waals surface area (Å²) in [4.78, 5) is 1.18. The van der Waals surface area contributed by atoms with Crippen LogP contribution in [0.3, 0.4) is 0 Å². The Morgan fingerprint density at radius 1 is 1.11 bits per heavy atom. The van der Waals surface area contributed by atoms with Gasteiger partial charge < -0.3 is 10.8 Å². The second kappa shape index (κ2) is 6.13. The summed E-state index contributed by atoms with van der Waals surface area (Å²) in [6.45, 7) is 4.20. The molecular formula is C16H19NOS. The molecule has 19 heavy (non-hydrogen) atoms. The van der Waals surface area contributed by atoms with Crippen LogP contribution in [0.5, 0.6) is 0 Å². The number of rotatable bonds is 4. The fourth-order valence-corrected chi connectivity index (χ4v) is 2.84. The van der Waals surface area contributed by atoms with E-state index in [-0.39, 0.29) is 0 Å². The van der Waals surface area contributed by atoms with E-state index in [4.69, 9.17) is 5.73 Å². The number of anilines is 1. The van der Waals surface area contributed by atoms with Crippen molar-refractivity contribution in [2.75, 3.05) is 11.5 Å². The van der Waals surface area contributed by atoms with Gasteiger partial charge in [-0.05, 0) is 43.2 Å². The predicted octanol–water partition coefficient (Wildman–Crippen LogP) is 3.71. The van der Waals surface area contributed by atoms with E-state index in [2.05, 4.69) is 32.0 Å². The Kier molecular flexibility index (Phi) is 4.51. The molecule has 2 aromatic carbocycles. The largest absolute Gasteiger partial charge is 0.398 e. The molecule has 0 amide bonds. The van der Waals surface area contributed by atoms with Crippen molar-refractivity contribution in [2.45, 2.75) is 24.8 Å². The second-order valence-electron chi connectivity index (χ2n) is 4.70. The zero-order valence-electron chi connectivity index (χ0n) is 11.3. The third-order valence-corrected chi connectivity index (χ3v) is 4.31. The zero-order chi connectivity index (χ0) is 13.8. The standard InChI is InChI=1S/C16H19NOS/c1-11-7-8-13(9-12(11)2)19-10-16(18)14-5-3-4-6-15(14)17/h3-9,16,18H,10,17H2,1-2H3. The molecule has 0 heterocycles. The fraction of sp³-hybridized carbons (Fsp3) is 0.250. The van der Waals surface area contributed by atoms with Gasteiger partial charge in [-0.1, -0.05) is 24.3 Å². The molecule has 2 aromatic rings. The van der Waals surface area contributed by atoms with Crippen molar-refractivity contribution in [3.63, 3.8) is 0 Å². The lowest BCUT2D eigenvalue weighted by molar-refractivity contribution is 0.205. The highest BCUT2D eigenvalue weighted by atomic mass is 32.2. The number of benzene rings is 2. The molecule has 0 saturated carbocycles. The van der Waals surface area contributed by atoms with Gasteiger partial charge in [0, 0.05) is 21.9 Å². The highest BCUT2D eigenvalue weighted by Crippen LogP contribution is 2.28. The number of aliphatic hydroxyl groups excluding tert-OH is 1. The van der Waals surface area contributed by atoms with Gasteiger partial charge in [-0.2, -0.15) is 0 Å². The molecule has 1 unspecified atom stereocenters. The predicted molar refractivity (Wildman–Crippen MR) is 82.5 cm³/mol. The maximum Gasteiger partial charge on any atom is 0.0903 e. The topological polar surface area (TPSA) is 46.2 Å². The average Bonchev–Trinajstić information content (AvgIpc) is 2.40. The van der Waals surface area contributed by atoms with Crippen LogP contribution in [0.1, 0.15) is 22.8 Å². The van der Waals surface area contributed by atoms with E-state index in [0.717, 1.165) is 5.56 Å². The van der Waals surface area contributed by atoms with Gasteiger partial charge in [0.2, 0.25) is 0 Å². The van der Waals surface area contributed by atoms with Crippen LogP contribution < -0.4 is 5.73 Å². The molecule has 0 aromatic heterocycles. The zero-order valence-corrected chi connectivity index (χ0v) is 12.1. The molecule has 3 N–H and O–H groups in total. The summed E-state index contributed by atoms with van der Waals surface area (Å²) in [5.41, 5.74) is 9.88. The Hall–Kier alpha value is -1.45. The van der Waals surface area contributed by atoms with Crippen LogP contribution in [-0.4, -0.2) is 10.9 Å². The first-order valence-electron chi connectivity index (χ1n) is 6.30. The molecule has 0 aliphatic heterocycles. The Morgan fingerprint density at radius 3 is 2.53 bits per heavy atom. The number of aliphatic hydroxyl groups is 1. The average molecular weight is 273 g/mol. The number of hydrogen-bond donors (Lipinski definition) is 2. The molecule has 0 spiro atoms. The molecule has 0 saturated heterocycles. The first kappa shape index (κ1) is 14.0. The lowest BCUT2D eigenvalue weighted by atomic mass is 10.1. The van der Waals surface area contributed by atoms with Crippen LogP contribution >= 0.6 is 11.8 Å². The van der Waals surface area contributed by atoms with Gasteiger partial charge in [0.1, 0.15) is 0 Å². The Balaban J connectivity index is 2.02. The maximum atomic E-state index is 10.2. The van der Waals surface area contributed by atoms with Crippen molar-refractivity contribution >= 4 is 17.4 Å². The van der Waals surface area contributed by atoms with E-state index < -0.39 is 6.10 Å². The minimum Gasteiger partial charge on any atom is -0.398 e. The normalized spacial score (nSPS) is 12.4. The maximum absolute atomic E-state index is 10.2.